The molecule has 0 bridgehead atoms. The molecule has 2 aromatic rings. The van der Waals surface area contributed by atoms with Gasteiger partial charge in [-0.15, -0.1) is 0 Å². The van der Waals surface area contributed by atoms with Gasteiger partial charge in [0, 0.05) is 13.2 Å². The summed E-state index contributed by atoms with van der Waals surface area (Å²) < 4.78 is 17.2. The van der Waals surface area contributed by atoms with Gasteiger partial charge in [-0.25, -0.2) is 0 Å². The van der Waals surface area contributed by atoms with Crippen molar-refractivity contribution in [3.8, 4) is 0 Å². The van der Waals surface area contributed by atoms with E-state index in [-0.39, 0.29) is 0 Å². The Balaban J connectivity index is 1.66. The molecule has 0 aliphatic carbocycles. The van der Waals surface area contributed by atoms with Crippen LogP contribution in [0.2, 0.25) is 0 Å². The molecule has 0 unspecified atom stereocenters. The molecule has 1 aliphatic heterocycles. The highest BCUT2D eigenvalue weighted by Gasteiger charge is 2.21. The second-order valence-electron chi connectivity index (χ2n) is 5.83. The summed E-state index contributed by atoms with van der Waals surface area (Å²) in [5.74, 6) is 3.90. The number of hydrogen-bond donors (Lipinski definition) is 0. The van der Waals surface area contributed by atoms with Gasteiger partial charge in [-0.05, 0) is 51.0 Å². The maximum Gasteiger partial charge on any atom is 0.118 e. The number of aryl methyl sites for hydroxylation is 2. The summed E-state index contributed by atoms with van der Waals surface area (Å²) >= 11 is 0. The molecular weight excluding hydrogens is 266 g/mol. The molecule has 21 heavy (non-hydrogen) atoms. The smallest absolute Gasteiger partial charge is 0.118 e. The molecule has 1 atom stereocenters. The molecule has 1 aliphatic rings. The maximum absolute atomic E-state index is 5.77. The molecule has 3 rings (SSSR count). The van der Waals surface area contributed by atoms with Crippen LogP contribution in [0, 0.1) is 13.8 Å². The van der Waals surface area contributed by atoms with Crippen molar-refractivity contribution in [3.63, 3.8) is 0 Å². The lowest BCUT2D eigenvalue weighted by Gasteiger charge is -2.23. The zero-order valence-corrected chi connectivity index (χ0v) is 12.8. The Morgan fingerprint density at radius 1 is 1.00 bits per heavy atom. The van der Waals surface area contributed by atoms with Crippen LogP contribution in [0.1, 0.15) is 35.9 Å². The van der Waals surface area contributed by atoms with Crippen molar-refractivity contribution in [2.45, 2.75) is 45.9 Å². The predicted molar refractivity (Wildman–Crippen MR) is 80.0 cm³/mol. The molecular formula is C17H23NO3. The molecule has 1 saturated heterocycles. The van der Waals surface area contributed by atoms with Gasteiger partial charge in [-0.2, -0.15) is 0 Å². The van der Waals surface area contributed by atoms with Crippen LogP contribution >= 0.6 is 0 Å². The van der Waals surface area contributed by atoms with Crippen molar-refractivity contribution in [3.05, 3.63) is 47.3 Å². The molecule has 1 fully saturated rings. The summed E-state index contributed by atoms with van der Waals surface area (Å²) in [5, 5.41) is 0. The first-order chi connectivity index (χ1) is 10.2. The SMILES string of the molecule is Cc1ccc(CN(Cc2ccc(C)o2)C[C@@H]2CCCO2)o1. The lowest BCUT2D eigenvalue weighted by atomic mass is 10.2. The molecule has 0 N–H and O–H groups in total. The number of ether oxygens (including phenoxy) is 1. The average molecular weight is 289 g/mol. The molecule has 0 radical (unpaired) electrons. The van der Waals surface area contributed by atoms with Crippen LogP contribution in [0.25, 0.3) is 0 Å². The van der Waals surface area contributed by atoms with E-state index in [9.17, 15) is 0 Å². The van der Waals surface area contributed by atoms with Crippen molar-refractivity contribution >= 4 is 0 Å². The first kappa shape index (κ1) is 14.4. The Kier molecular flexibility index (Phi) is 4.46. The molecule has 4 nitrogen and oxygen atoms in total. The lowest BCUT2D eigenvalue weighted by Crippen LogP contribution is -2.31. The van der Waals surface area contributed by atoms with E-state index in [2.05, 4.69) is 4.90 Å². The van der Waals surface area contributed by atoms with E-state index in [4.69, 9.17) is 13.6 Å². The minimum absolute atomic E-state index is 0.331. The van der Waals surface area contributed by atoms with E-state index in [1.165, 1.54) is 0 Å². The minimum Gasteiger partial charge on any atom is -0.465 e. The van der Waals surface area contributed by atoms with Gasteiger partial charge >= 0.3 is 0 Å². The Morgan fingerprint density at radius 2 is 1.62 bits per heavy atom. The molecule has 0 saturated carbocycles. The fraction of sp³-hybridized carbons (Fsp3) is 0.529. The first-order valence-electron chi connectivity index (χ1n) is 7.63. The molecule has 2 aromatic heterocycles. The summed E-state index contributed by atoms with van der Waals surface area (Å²) in [6.07, 6.45) is 2.64. The molecule has 0 aromatic carbocycles. The molecule has 3 heterocycles. The Labute approximate surface area is 125 Å². The largest absolute Gasteiger partial charge is 0.465 e. The van der Waals surface area contributed by atoms with E-state index < -0.39 is 0 Å². The maximum atomic E-state index is 5.77. The highest BCUT2D eigenvalue weighted by atomic mass is 16.5. The van der Waals surface area contributed by atoms with Crippen molar-refractivity contribution in [2.24, 2.45) is 0 Å². The van der Waals surface area contributed by atoms with Crippen LogP contribution in [0.15, 0.2) is 33.1 Å². The van der Waals surface area contributed by atoms with Crippen LogP contribution in [-0.4, -0.2) is 24.2 Å². The van der Waals surface area contributed by atoms with Crippen molar-refractivity contribution in [1.29, 1.82) is 0 Å². The van der Waals surface area contributed by atoms with Gasteiger partial charge in [0.15, 0.2) is 0 Å². The van der Waals surface area contributed by atoms with E-state index in [1.807, 2.05) is 38.1 Å². The van der Waals surface area contributed by atoms with Crippen LogP contribution in [0.4, 0.5) is 0 Å². The second-order valence-corrected chi connectivity index (χ2v) is 5.83. The molecule has 0 spiro atoms. The molecule has 0 amide bonds. The van der Waals surface area contributed by atoms with Gasteiger partial charge < -0.3 is 13.6 Å². The third kappa shape index (κ3) is 3.99. The Hall–Kier alpha value is -1.52. The summed E-state index contributed by atoms with van der Waals surface area (Å²) in [5.41, 5.74) is 0. The zero-order chi connectivity index (χ0) is 14.7. The Morgan fingerprint density at radius 3 is 2.05 bits per heavy atom. The number of furan rings is 2. The number of nitrogens with zero attached hydrogens (tertiary/aromatic N) is 1. The lowest BCUT2D eigenvalue weighted by molar-refractivity contribution is 0.0628. The predicted octanol–water partition coefficient (Wildman–Crippen LogP) is 3.67. The minimum atomic E-state index is 0.331. The second kappa shape index (κ2) is 6.50. The highest BCUT2D eigenvalue weighted by Crippen LogP contribution is 2.19. The van der Waals surface area contributed by atoms with Crippen LogP contribution in [0.3, 0.4) is 0 Å². The standard InChI is InChI=1S/C17H23NO3/c1-13-5-7-16(20-13)11-18(10-15-4-3-9-19-15)12-17-8-6-14(2)21-17/h5-8,15H,3-4,9-12H2,1-2H3/t15-/m0/s1. The summed E-state index contributed by atoms with van der Waals surface area (Å²) in [6.45, 7) is 7.33. The van der Waals surface area contributed by atoms with Gasteiger partial charge in [0.25, 0.3) is 0 Å². The molecule has 114 valence electrons. The highest BCUT2D eigenvalue weighted by molar-refractivity contribution is 5.08. The third-order valence-electron chi connectivity index (χ3n) is 3.84. The first-order valence-corrected chi connectivity index (χ1v) is 7.63. The zero-order valence-electron chi connectivity index (χ0n) is 12.8. The Bertz CT molecular complexity index is 524. The van der Waals surface area contributed by atoms with Gasteiger partial charge in [0.05, 0.1) is 19.2 Å². The van der Waals surface area contributed by atoms with Crippen molar-refractivity contribution in [1.82, 2.24) is 4.90 Å². The topological polar surface area (TPSA) is 38.8 Å². The van der Waals surface area contributed by atoms with Crippen molar-refractivity contribution in [2.75, 3.05) is 13.2 Å². The van der Waals surface area contributed by atoms with Crippen molar-refractivity contribution < 1.29 is 13.6 Å². The summed E-state index contributed by atoms with van der Waals surface area (Å²) in [7, 11) is 0. The summed E-state index contributed by atoms with van der Waals surface area (Å²) in [4.78, 5) is 2.34. The van der Waals surface area contributed by atoms with Gasteiger partial charge in [0.2, 0.25) is 0 Å². The van der Waals surface area contributed by atoms with E-state index >= 15 is 0 Å². The van der Waals surface area contributed by atoms with Crippen LogP contribution in [-0.2, 0) is 17.8 Å². The van der Waals surface area contributed by atoms with Gasteiger partial charge in [-0.3, -0.25) is 4.90 Å². The average Bonchev–Trinajstić information content (AvgIpc) is 3.15. The quantitative estimate of drug-likeness (QED) is 0.813. The fourth-order valence-corrected chi connectivity index (χ4v) is 2.84. The van der Waals surface area contributed by atoms with Gasteiger partial charge in [0.1, 0.15) is 23.0 Å². The van der Waals surface area contributed by atoms with E-state index in [1.54, 1.807) is 0 Å². The summed E-state index contributed by atoms with van der Waals surface area (Å²) in [6, 6.07) is 8.11. The number of rotatable bonds is 6. The van der Waals surface area contributed by atoms with E-state index in [0.717, 1.165) is 62.1 Å². The van der Waals surface area contributed by atoms with Crippen LogP contribution in [0.5, 0.6) is 0 Å². The monoisotopic (exact) mass is 289 g/mol. The van der Waals surface area contributed by atoms with E-state index in [0.29, 0.717) is 6.10 Å². The normalized spacial score (nSPS) is 18.7. The van der Waals surface area contributed by atoms with Crippen LogP contribution < -0.4 is 0 Å². The number of hydrogen-bond acceptors (Lipinski definition) is 4. The third-order valence-corrected chi connectivity index (χ3v) is 3.84. The fourth-order valence-electron chi connectivity index (χ4n) is 2.84. The molecule has 4 heteroatoms. The van der Waals surface area contributed by atoms with Gasteiger partial charge in [-0.1, -0.05) is 0 Å².